The second-order valence-corrected chi connectivity index (χ2v) is 17.4. The van der Waals surface area contributed by atoms with Gasteiger partial charge in [-0.1, -0.05) is 128 Å². The number of nitrogens with zero attached hydrogens (tertiary/aromatic N) is 2. The third-order valence-corrected chi connectivity index (χ3v) is 11.7. The molecule has 0 bridgehead atoms. The van der Waals surface area contributed by atoms with Crippen LogP contribution in [0.5, 0.6) is 11.5 Å². The standard InChI is InChI=1S/C22H23BrN2O5.C22H20BrNO4.C4H9O.2CH4.K/c1-29-20(26)10-9-18(21(24)27)25-12-17-16(22(25)28)3-2-4-19(17)30-13-15-7-5-14(11-23)6-8-15;23-11-14-4-6-15(7-5-14)13-28-21-3-1-2-17-18(21)12-24(22(17)27)19-9-8-16(25)10-20(19)26;1-4(2,3)5;;;/h2-8,18H,9-13H2,1H3,(H2,24,27);1-7,19H,8-13H2;1-3H3;2*1H4;/q;;-1;;;+1. The van der Waals surface area contributed by atoms with E-state index in [9.17, 15) is 33.9 Å². The van der Waals surface area contributed by atoms with Gasteiger partial charge >= 0.3 is 57.4 Å². The first-order valence-electron chi connectivity index (χ1n) is 20.5. The number of alkyl halides is 2. The molecule has 0 spiro atoms. The van der Waals surface area contributed by atoms with E-state index in [4.69, 9.17) is 15.2 Å². The minimum Gasteiger partial charge on any atom is -0.850 e. The minimum absolute atomic E-state index is 0. The number of amides is 3. The van der Waals surface area contributed by atoms with Gasteiger partial charge in [0.1, 0.15) is 36.5 Å². The minimum atomic E-state index is -0.895. The van der Waals surface area contributed by atoms with Gasteiger partial charge in [0.15, 0.2) is 5.78 Å². The van der Waals surface area contributed by atoms with Crippen molar-refractivity contribution in [2.45, 2.75) is 122 Å². The van der Waals surface area contributed by atoms with Crippen molar-refractivity contribution < 1.29 is 99.5 Å². The maximum Gasteiger partial charge on any atom is 1.00 e. The molecule has 0 saturated heterocycles. The summed E-state index contributed by atoms with van der Waals surface area (Å²) in [7, 11) is 1.27. The molecular weight excluding hydrogens is 1000 g/mol. The number of esters is 1. The average molecular weight is 1060 g/mol. The van der Waals surface area contributed by atoms with Crippen LogP contribution in [0.3, 0.4) is 0 Å². The van der Waals surface area contributed by atoms with Crippen LogP contribution in [0.4, 0.5) is 0 Å². The number of carbonyl (C=O) groups excluding carboxylic acids is 6. The Kier molecular flexibility index (Phi) is 24.2. The van der Waals surface area contributed by atoms with Gasteiger partial charge in [0, 0.05) is 45.8 Å². The number of halogens is 2. The first kappa shape index (κ1) is 58.4. The van der Waals surface area contributed by atoms with Crippen LogP contribution < -0.4 is 71.7 Å². The van der Waals surface area contributed by atoms with Crippen LogP contribution in [0.25, 0.3) is 0 Å². The Morgan fingerprint density at radius 3 is 1.65 bits per heavy atom. The topological polar surface area (TPSA) is 186 Å². The summed E-state index contributed by atoms with van der Waals surface area (Å²) in [4.78, 5) is 76.0. The number of benzene rings is 4. The molecule has 13 nitrogen and oxygen atoms in total. The van der Waals surface area contributed by atoms with Crippen molar-refractivity contribution in [2.75, 3.05) is 7.11 Å². The zero-order chi connectivity index (χ0) is 45.8. The van der Waals surface area contributed by atoms with Crippen LogP contribution >= 0.6 is 31.9 Å². The molecule has 0 radical (unpaired) electrons. The maximum atomic E-state index is 12.9. The molecule has 3 aliphatic rings. The van der Waals surface area contributed by atoms with Crippen LogP contribution in [-0.2, 0) is 60.9 Å². The number of nitrogens with two attached hydrogens (primary N) is 1. The summed E-state index contributed by atoms with van der Waals surface area (Å²) in [5.41, 5.74) is 11.8. The molecule has 66 heavy (non-hydrogen) atoms. The molecule has 1 fully saturated rings. The molecule has 2 atom stereocenters. The van der Waals surface area contributed by atoms with Gasteiger partial charge in [-0.05, 0) is 59.4 Å². The van der Waals surface area contributed by atoms with E-state index in [1.54, 1.807) is 56.0 Å². The van der Waals surface area contributed by atoms with Gasteiger partial charge in [0.2, 0.25) is 5.91 Å². The van der Waals surface area contributed by atoms with E-state index in [-0.39, 0.29) is 115 Å². The van der Waals surface area contributed by atoms with Gasteiger partial charge < -0.3 is 34.9 Å². The Bertz CT molecular complexity index is 2300. The number of carbonyl (C=O) groups is 6. The summed E-state index contributed by atoms with van der Waals surface area (Å²) in [6, 6.07) is 25.4. The van der Waals surface area contributed by atoms with Crippen molar-refractivity contribution in [1.29, 1.82) is 0 Å². The zero-order valence-corrected chi connectivity index (χ0v) is 43.1. The summed E-state index contributed by atoms with van der Waals surface area (Å²) in [5, 5.41) is 11.7. The maximum absolute atomic E-state index is 12.9. The van der Waals surface area contributed by atoms with E-state index in [0.29, 0.717) is 60.8 Å². The molecule has 2 aliphatic heterocycles. The molecule has 0 aromatic heterocycles. The number of hydrogen-bond donors (Lipinski definition) is 1. The zero-order valence-electron chi connectivity index (χ0n) is 36.8. The van der Waals surface area contributed by atoms with Crippen LogP contribution in [0.2, 0.25) is 0 Å². The van der Waals surface area contributed by atoms with E-state index in [1.165, 1.54) is 23.1 Å². The Morgan fingerprint density at radius 2 is 1.21 bits per heavy atom. The Hall–Kier alpha value is -3.74. The molecule has 4 aromatic carbocycles. The van der Waals surface area contributed by atoms with Crippen LogP contribution in [0, 0.1) is 0 Å². The average Bonchev–Trinajstić information content (AvgIpc) is 3.78. The fraction of sp³-hybridized carbons (Fsp3) is 0.400. The van der Waals surface area contributed by atoms with Crippen molar-refractivity contribution in [3.63, 3.8) is 0 Å². The molecule has 4 aromatic rings. The summed E-state index contributed by atoms with van der Waals surface area (Å²) >= 11 is 6.85. The molecule has 2 unspecified atom stereocenters. The third kappa shape index (κ3) is 16.2. The largest absolute Gasteiger partial charge is 1.00 e. The number of fused-ring (bicyclic) bond motifs is 2. The predicted molar refractivity (Wildman–Crippen MR) is 255 cm³/mol. The number of primary amides is 1. The van der Waals surface area contributed by atoms with Crippen molar-refractivity contribution >= 4 is 67.1 Å². The van der Waals surface area contributed by atoms with E-state index in [1.807, 2.05) is 54.6 Å². The summed E-state index contributed by atoms with van der Waals surface area (Å²) < 4.78 is 16.6. The molecule has 7 rings (SSSR count). The normalized spacial score (nSPS) is 15.2. The van der Waals surface area contributed by atoms with Gasteiger partial charge in [-0.2, -0.15) is 0 Å². The number of methoxy groups -OCH3 is 1. The van der Waals surface area contributed by atoms with Crippen LogP contribution in [0.1, 0.15) is 122 Å². The summed E-state index contributed by atoms with van der Waals surface area (Å²) in [6.07, 6.45) is 0.798. The first-order valence-corrected chi connectivity index (χ1v) is 22.7. The van der Waals surface area contributed by atoms with E-state index >= 15 is 0 Å². The molecule has 3 amide bonds. The number of ketones is 2. The van der Waals surface area contributed by atoms with Crippen molar-refractivity contribution in [3.05, 3.63) is 129 Å². The SMILES string of the molecule is C.C.CC(C)(C)[O-].COC(=O)CCC(C(N)=O)N1Cc2c(OCc3ccc(CBr)cc3)cccc2C1=O.O=C1CCC(N2Cc3c(OCc4ccc(CBr)cc4)cccc3C2=O)C(=O)C1.[K+]. The van der Waals surface area contributed by atoms with Crippen LogP contribution in [0.15, 0.2) is 84.9 Å². The van der Waals surface area contributed by atoms with Gasteiger partial charge in [-0.3, -0.25) is 28.8 Å². The second kappa shape index (κ2) is 27.3. The molecule has 2 heterocycles. The van der Waals surface area contributed by atoms with E-state index in [2.05, 4.69) is 36.6 Å². The first-order chi connectivity index (χ1) is 30.0. The van der Waals surface area contributed by atoms with Gasteiger partial charge in [0.25, 0.3) is 11.8 Å². The van der Waals surface area contributed by atoms with E-state index in [0.717, 1.165) is 27.4 Å². The molecule has 16 heteroatoms. The second-order valence-electron chi connectivity index (χ2n) is 16.3. The van der Waals surface area contributed by atoms with Gasteiger partial charge in [-0.25, -0.2) is 0 Å². The molecule has 2 N–H and O–H groups in total. The Labute approximate surface area is 448 Å². The van der Waals surface area contributed by atoms with Crippen molar-refractivity contribution in [1.82, 2.24) is 9.80 Å². The third-order valence-electron chi connectivity index (χ3n) is 10.4. The predicted octanol–water partition coefficient (Wildman–Crippen LogP) is 5.15. The number of rotatable bonds is 14. The van der Waals surface area contributed by atoms with Gasteiger partial charge in [0.05, 0.1) is 32.7 Å². The fourth-order valence-electron chi connectivity index (χ4n) is 7.19. The molecule has 1 aliphatic carbocycles. The molecular formula is C50H60Br2KN3O10. The summed E-state index contributed by atoms with van der Waals surface area (Å²) in [5.74, 6) is -0.524. The monoisotopic (exact) mass is 1060 g/mol. The molecule has 350 valence electrons. The van der Waals surface area contributed by atoms with Crippen LogP contribution in [-0.4, -0.2) is 69.9 Å². The Balaban J connectivity index is 0.000000395. The fourth-order valence-corrected chi connectivity index (χ4v) is 7.94. The van der Waals surface area contributed by atoms with E-state index < -0.39 is 29.6 Å². The van der Waals surface area contributed by atoms with Crippen molar-refractivity contribution in [2.24, 2.45) is 5.73 Å². The van der Waals surface area contributed by atoms with Gasteiger partial charge in [-0.15, -0.1) is 5.60 Å². The summed E-state index contributed by atoms with van der Waals surface area (Å²) in [6.45, 7) is 6.20. The number of hydrogen-bond acceptors (Lipinski definition) is 10. The number of ether oxygens (including phenoxy) is 3. The Morgan fingerprint density at radius 1 is 0.758 bits per heavy atom. The quantitative estimate of drug-likeness (QED) is 0.0767. The number of Topliss-reactive ketones (excluding diaryl/α,β-unsaturated/α-hetero) is 2. The smallest absolute Gasteiger partial charge is 0.850 e. The van der Waals surface area contributed by atoms with Crippen molar-refractivity contribution in [3.8, 4) is 11.5 Å². The molecule has 1 saturated carbocycles.